The third-order valence-electron chi connectivity index (χ3n) is 3.56. The second-order valence-corrected chi connectivity index (χ2v) is 6.89. The van der Waals surface area contributed by atoms with Crippen molar-refractivity contribution in [3.63, 3.8) is 0 Å². The summed E-state index contributed by atoms with van der Waals surface area (Å²) >= 11 is 1.79. The number of hydrogen-bond acceptors (Lipinski definition) is 4. The molecule has 2 atom stereocenters. The van der Waals surface area contributed by atoms with Gasteiger partial charge in [-0.1, -0.05) is 32.1 Å². The summed E-state index contributed by atoms with van der Waals surface area (Å²) in [5, 5.41) is 1.18. The Hall–Kier alpha value is -0.610. The monoisotopic (exact) mass is 267 g/mol. The van der Waals surface area contributed by atoms with Crippen molar-refractivity contribution in [2.45, 2.75) is 52.5 Å². The second kappa shape index (κ2) is 5.57. The fraction of sp³-hybridized carbons (Fsp3) is 0.786. The van der Waals surface area contributed by atoms with Crippen LogP contribution in [0.3, 0.4) is 0 Å². The Morgan fingerprint density at radius 3 is 2.61 bits per heavy atom. The topological polar surface area (TPSA) is 42.2 Å². The summed E-state index contributed by atoms with van der Waals surface area (Å²) < 4.78 is 0. The van der Waals surface area contributed by atoms with Gasteiger partial charge in [0.25, 0.3) is 0 Å². The maximum Gasteiger partial charge on any atom is 0.185 e. The first-order chi connectivity index (χ1) is 8.49. The van der Waals surface area contributed by atoms with Gasteiger partial charge in [-0.15, -0.1) is 0 Å². The fourth-order valence-electron chi connectivity index (χ4n) is 2.57. The van der Waals surface area contributed by atoms with Gasteiger partial charge < -0.3 is 10.6 Å². The van der Waals surface area contributed by atoms with E-state index in [1.54, 1.807) is 11.3 Å². The van der Waals surface area contributed by atoms with E-state index in [9.17, 15) is 0 Å². The third kappa shape index (κ3) is 2.86. The molecule has 0 aliphatic carbocycles. The van der Waals surface area contributed by atoms with Crippen molar-refractivity contribution in [3.8, 4) is 0 Å². The summed E-state index contributed by atoms with van der Waals surface area (Å²) in [5.41, 5.74) is 7.27. The van der Waals surface area contributed by atoms with Crippen LogP contribution in [0.15, 0.2) is 0 Å². The molecule has 1 aliphatic heterocycles. The van der Waals surface area contributed by atoms with Crippen molar-refractivity contribution in [3.05, 3.63) is 10.6 Å². The maximum atomic E-state index is 6.07. The zero-order chi connectivity index (χ0) is 13.3. The highest BCUT2D eigenvalue weighted by molar-refractivity contribution is 7.15. The van der Waals surface area contributed by atoms with Crippen LogP contribution in [0.25, 0.3) is 0 Å². The largest absolute Gasteiger partial charge is 0.348 e. The number of nitrogens with two attached hydrogens (primary N) is 1. The number of nitrogens with zero attached hydrogens (tertiary/aromatic N) is 2. The van der Waals surface area contributed by atoms with Gasteiger partial charge in [0.2, 0.25) is 0 Å². The molecule has 2 rings (SSSR count). The van der Waals surface area contributed by atoms with Crippen molar-refractivity contribution in [2.75, 3.05) is 18.0 Å². The van der Waals surface area contributed by atoms with Gasteiger partial charge in [0.05, 0.1) is 5.69 Å². The average Bonchev–Trinajstić information content (AvgIpc) is 2.73. The molecule has 3 nitrogen and oxygen atoms in total. The normalized spacial score (nSPS) is 22.6. The van der Waals surface area contributed by atoms with Gasteiger partial charge in [-0.05, 0) is 31.6 Å². The highest BCUT2D eigenvalue weighted by Crippen LogP contribution is 2.35. The van der Waals surface area contributed by atoms with E-state index in [1.165, 1.54) is 28.5 Å². The molecule has 1 fully saturated rings. The van der Waals surface area contributed by atoms with Gasteiger partial charge in [0.1, 0.15) is 0 Å². The van der Waals surface area contributed by atoms with E-state index < -0.39 is 0 Å². The molecule has 0 spiro atoms. The van der Waals surface area contributed by atoms with Crippen LogP contribution < -0.4 is 10.6 Å². The third-order valence-corrected chi connectivity index (χ3v) is 4.89. The van der Waals surface area contributed by atoms with Crippen molar-refractivity contribution >= 4 is 16.5 Å². The Labute approximate surface area is 114 Å². The summed E-state index contributed by atoms with van der Waals surface area (Å²) in [6.07, 6.45) is 2.63. The van der Waals surface area contributed by atoms with E-state index in [0.29, 0.717) is 5.92 Å². The molecule has 1 aromatic rings. The van der Waals surface area contributed by atoms with Crippen LogP contribution in [0.2, 0.25) is 0 Å². The van der Waals surface area contributed by atoms with E-state index in [0.717, 1.165) is 19.0 Å². The van der Waals surface area contributed by atoms with E-state index in [1.807, 2.05) is 0 Å². The summed E-state index contributed by atoms with van der Waals surface area (Å²) in [4.78, 5) is 8.56. The first kappa shape index (κ1) is 13.8. The van der Waals surface area contributed by atoms with E-state index in [4.69, 9.17) is 10.7 Å². The van der Waals surface area contributed by atoms with Gasteiger partial charge in [-0.2, -0.15) is 0 Å². The lowest BCUT2D eigenvalue weighted by Gasteiger charge is -2.30. The van der Waals surface area contributed by atoms with Crippen LogP contribution in [-0.4, -0.2) is 18.1 Å². The van der Waals surface area contributed by atoms with E-state index in [-0.39, 0.29) is 6.04 Å². The average molecular weight is 267 g/mol. The quantitative estimate of drug-likeness (QED) is 0.911. The summed E-state index contributed by atoms with van der Waals surface area (Å²) in [5.74, 6) is 1.24. The molecule has 0 bridgehead atoms. The molecule has 4 heteroatoms. The van der Waals surface area contributed by atoms with Gasteiger partial charge in [-0.3, -0.25) is 0 Å². The minimum Gasteiger partial charge on any atom is -0.348 e. The molecule has 1 saturated heterocycles. The van der Waals surface area contributed by atoms with Crippen molar-refractivity contribution in [2.24, 2.45) is 11.7 Å². The van der Waals surface area contributed by atoms with Crippen LogP contribution in [-0.2, 0) is 0 Å². The first-order valence-corrected chi connectivity index (χ1v) is 7.81. The minimum absolute atomic E-state index is 0.0934. The van der Waals surface area contributed by atoms with Gasteiger partial charge in [-0.25, -0.2) is 4.98 Å². The van der Waals surface area contributed by atoms with Crippen LogP contribution >= 0.6 is 11.3 Å². The molecule has 0 amide bonds. The second-order valence-electron chi connectivity index (χ2n) is 5.88. The Morgan fingerprint density at radius 1 is 1.39 bits per heavy atom. The molecule has 0 saturated carbocycles. The molecule has 1 aliphatic rings. The van der Waals surface area contributed by atoms with Crippen LogP contribution in [0.5, 0.6) is 0 Å². The van der Waals surface area contributed by atoms with Crippen molar-refractivity contribution in [1.29, 1.82) is 0 Å². The lowest BCUT2D eigenvalue weighted by Crippen LogP contribution is -2.34. The highest BCUT2D eigenvalue weighted by Gasteiger charge is 2.23. The van der Waals surface area contributed by atoms with Crippen molar-refractivity contribution < 1.29 is 0 Å². The fourth-order valence-corrected chi connectivity index (χ4v) is 3.78. The standard InChI is InChI=1S/C14H25N3S/c1-9(2)12-13(11(4)15)18-14(16-12)17-7-5-6-10(3)8-17/h9-11H,5-8,15H2,1-4H3. The number of hydrogen-bond donors (Lipinski definition) is 1. The maximum absolute atomic E-state index is 6.07. The Bertz CT molecular complexity index is 372. The molecular weight excluding hydrogens is 242 g/mol. The highest BCUT2D eigenvalue weighted by atomic mass is 32.1. The molecule has 0 radical (unpaired) electrons. The van der Waals surface area contributed by atoms with Crippen LogP contribution in [0.4, 0.5) is 5.13 Å². The SMILES string of the molecule is CC1CCCN(c2nc(C(C)C)c(C(C)N)s2)C1. The van der Waals surface area contributed by atoms with Gasteiger partial charge in [0, 0.05) is 24.0 Å². The molecule has 1 aromatic heterocycles. The summed E-state index contributed by atoms with van der Waals surface area (Å²) in [7, 11) is 0. The summed E-state index contributed by atoms with van der Waals surface area (Å²) in [6, 6.07) is 0.0934. The van der Waals surface area contributed by atoms with Crippen LogP contribution in [0, 0.1) is 5.92 Å². The zero-order valence-electron chi connectivity index (χ0n) is 11.9. The van der Waals surface area contributed by atoms with Gasteiger partial charge >= 0.3 is 0 Å². The molecular formula is C14H25N3S. The Balaban J connectivity index is 2.25. The molecule has 102 valence electrons. The number of thiazole rings is 1. The van der Waals surface area contributed by atoms with Gasteiger partial charge in [0.15, 0.2) is 5.13 Å². The summed E-state index contributed by atoms with van der Waals surface area (Å²) in [6.45, 7) is 11.1. The lowest BCUT2D eigenvalue weighted by molar-refractivity contribution is 0.446. The predicted molar refractivity (Wildman–Crippen MR) is 79.4 cm³/mol. The molecule has 2 heterocycles. The smallest absolute Gasteiger partial charge is 0.185 e. The van der Waals surface area contributed by atoms with Crippen molar-refractivity contribution in [1.82, 2.24) is 4.98 Å². The zero-order valence-corrected chi connectivity index (χ0v) is 12.8. The first-order valence-electron chi connectivity index (χ1n) is 7.00. The molecule has 2 unspecified atom stereocenters. The number of anilines is 1. The Morgan fingerprint density at radius 2 is 2.11 bits per heavy atom. The van der Waals surface area contributed by atoms with Crippen LogP contribution in [0.1, 0.15) is 63.1 Å². The number of rotatable bonds is 3. The number of piperidine rings is 1. The molecule has 18 heavy (non-hydrogen) atoms. The van der Waals surface area contributed by atoms with E-state index in [2.05, 4.69) is 32.6 Å². The number of aromatic nitrogens is 1. The molecule has 2 N–H and O–H groups in total. The molecule has 0 aromatic carbocycles. The lowest BCUT2D eigenvalue weighted by atomic mass is 10.0. The predicted octanol–water partition coefficient (Wildman–Crippen LogP) is 3.52. The van der Waals surface area contributed by atoms with E-state index >= 15 is 0 Å². The minimum atomic E-state index is 0.0934. The Kier molecular flexibility index (Phi) is 4.28.